The quantitative estimate of drug-likeness (QED) is 0.578. The highest BCUT2D eigenvalue weighted by Gasteiger charge is 2.30. The van der Waals surface area contributed by atoms with Gasteiger partial charge in [-0.2, -0.15) is 0 Å². The maximum absolute atomic E-state index is 5.96. The van der Waals surface area contributed by atoms with Crippen molar-refractivity contribution < 1.29 is 4.74 Å². The van der Waals surface area contributed by atoms with E-state index in [-0.39, 0.29) is 0 Å². The van der Waals surface area contributed by atoms with Gasteiger partial charge in [-0.1, -0.05) is 6.92 Å². The molecule has 0 amide bonds. The highest BCUT2D eigenvalue weighted by Crippen LogP contribution is 2.38. The molecule has 2 aromatic rings. The molecule has 0 aliphatic carbocycles. The summed E-state index contributed by atoms with van der Waals surface area (Å²) in [6, 6.07) is 4.83. The average molecular weight is 555 g/mol. The number of nitrogen functional groups attached to an aromatic ring is 1. The molecule has 0 saturated heterocycles. The van der Waals surface area contributed by atoms with Crippen LogP contribution in [0.15, 0.2) is 12.1 Å². The molecular formula is C16H19I2N3OS. The number of likely N-dealkylation sites (N-methyl/N-ethyl adjacent to an activating group) is 1. The van der Waals surface area contributed by atoms with E-state index in [4.69, 9.17) is 10.5 Å². The Balaban J connectivity index is 1.94. The van der Waals surface area contributed by atoms with Crippen LogP contribution in [0.25, 0.3) is 0 Å². The first-order valence-electron chi connectivity index (χ1n) is 7.54. The maximum Gasteiger partial charge on any atom is 0.180 e. The first-order valence-corrected chi connectivity index (χ1v) is 10.5. The first-order chi connectivity index (χ1) is 11.0. The molecule has 0 spiro atoms. The van der Waals surface area contributed by atoms with Crippen LogP contribution in [0.1, 0.15) is 29.1 Å². The van der Waals surface area contributed by atoms with Gasteiger partial charge in [0.1, 0.15) is 5.75 Å². The SMILES string of the molecule is CCN1CCc2nc(N)sc2C1Cc1cc(I)c(OC)c(I)c1. The van der Waals surface area contributed by atoms with Gasteiger partial charge in [0.05, 0.1) is 26.0 Å². The van der Waals surface area contributed by atoms with Gasteiger partial charge in [-0.25, -0.2) is 4.98 Å². The summed E-state index contributed by atoms with van der Waals surface area (Å²) < 4.78 is 7.80. The number of aromatic nitrogens is 1. The zero-order valence-corrected chi connectivity index (χ0v) is 18.2. The summed E-state index contributed by atoms with van der Waals surface area (Å²) in [5.41, 5.74) is 8.49. The number of thiazole rings is 1. The molecule has 0 fully saturated rings. The molecule has 0 radical (unpaired) electrons. The summed E-state index contributed by atoms with van der Waals surface area (Å²) in [5.74, 6) is 0.966. The van der Waals surface area contributed by atoms with Gasteiger partial charge in [0.25, 0.3) is 0 Å². The van der Waals surface area contributed by atoms with E-state index in [1.807, 2.05) is 0 Å². The van der Waals surface area contributed by atoms with Crippen LogP contribution >= 0.6 is 56.5 Å². The van der Waals surface area contributed by atoms with Crippen LogP contribution < -0.4 is 10.5 Å². The Labute approximate surface area is 168 Å². The van der Waals surface area contributed by atoms with E-state index >= 15 is 0 Å². The van der Waals surface area contributed by atoms with Crippen LogP contribution in [0.4, 0.5) is 5.13 Å². The van der Waals surface area contributed by atoms with E-state index in [9.17, 15) is 0 Å². The second-order valence-electron chi connectivity index (χ2n) is 5.55. The van der Waals surface area contributed by atoms with Crippen molar-refractivity contribution in [3.63, 3.8) is 0 Å². The Morgan fingerprint density at radius 3 is 2.70 bits per heavy atom. The second kappa shape index (κ2) is 7.40. The predicted octanol–water partition coefficient (Wildman–Crippen LogP) is 4.10. The van der Waals surface area contributed by atoms with Gasteiger partial charge in [0.2, 0.25) is 0 Å². The van der Waals surface area contributed by atoms with E-state index in [1.165, 1.54) is 16.1 Å². The Morgan fingerprint density at radius 2 is 2.09 bits per heavy atom. The van der Waals surface area contributed by atoms with Crippen molar-refractivity contribution in [3.05, 3.63) is 35.4 Å². The van der Waals surface area contributed by atoms with Crippen LogP contribution in [-0.2, 0) is 12.8 Å². The van der Waals surface area contributed by atoms with E-state index in [0.29, 0.717) is 11.2 Å². The van der Waals surface area contributed by atoms with Crippen LogP contribution in [0.2, 0.25) is 0 Å². The standard InChI is InChI=1S/C16H19I2N3OS/c1-3-21-5-4-12-15(23-16(19)20-12)13(21)8-9-6-10(17)14(22-2)11(18)7-9/h6-7,13H,3-5,8H2,1-2H3,(H2,19,20). The average Bonchev–Trinajstić information content (AvgIpc) is 2.88. The second-order valence-corrected chi connectivity index (χ2v) is 8.94. The minimum atomic E-state index is 0.374. The largest absolute Gasteiger partial charge is 0.495 e. The molecule has 1 atom stereocenters. The molecular weight excluding hydrogens is 536 g/mol. The monoisotopic (exact) mass is 555 g/mol. The lowest BCUT2D eigenvalue weighted by Gasteiger charge is -2.34. The van der Waals surface area contributed by atoms with Gasteiger partial charge in [-0.05, 0) is 75.8 Å². The lowest BCUT2D eigenvalue weighted by molar-refractivity contribution is 0.196. The molecule has 1 unspecified atom stereocenters. The van der Waals surface area contributed by atoms with Crippen molar-refractivity contribution in [1.82, 2.24) is 9.88 Å². The summed E-state index contributed by atoms with van der Waals surface area (Å²) in [6.07, 6.45) is 1.99. The van der Waals surface area contributed by atoms with Crippen molar-refractivity contribution in [2.24, 2.45) is 0 Å². The van der Waals surface area contributed by atoms with Gasteiger partial charge in [-0.3, -0.25) is 4.90 Å². The van der Waals surface area contributed by atoms with E-state index in [0.717, 1.165) is 38.8 Å². The number of fused-ring (bicyclic) bond motifs is 1. The maximum atomic E-state index is 5.96. The van der Waals surface area contributed by atoms with Gasteiger partial charge in [-0.15, -0.1) is 11.3 Å². The van der Waals surface area contributed by atoms with Gasteiger partial charge in [0, 0.05) is 17.8 Å². The lowest BCUT2D eigenvalue weighted by atomic mass is 9.98. The minimum Gasteiger partial charge on any atom is -0.495 e. The highest BCUT2D eigenvalue weighted by atomic mass is 127. The third-order valence-corrected chi connectivity index (χ3v) is 6.85. The number of halogens is 2. The molecule has 1 aromatic heterocycles. The number of anilines is 1. The molecule has 2 heterocycles. The number of ether oxygens (including phenoxy) is 1. The smallest absolute Gasteiger partial charge is 0.180 e. The fraction of sp³-hybridized carbons (Fsp3) is 0.438. The summed E-state index contributed by atoms with van der Waals surface area (Å²) in [6.45, 7) is 4.33. The zero-order valence-electron chi connectivity index (χ0n) is 13.1. The fourth-order valence-corrected chi connectivity index (χ4v) is 6.49. The van der Waals surface area contributed by atoms with E-state index < -0.39 is 0 Å². The zero-order chi connectivity index (χ0) is 16.6. The molecule has 0 saturated carbocycles. The highest BCUT2D eigenvalue weighted by molar-refractivity contribution is 14.1. The fourth-order valence-electron chi connectivity index (χ4n) is 3.14. The number of benzene rings is 1. The molecule has 1 aliphatic rings. The van der Waals surface area contributed by atoms with E-state index in [2.05, 4.69) is 74.1 Å². The number of hydrogen-bond acceptors (Lipinski definition) is 5. The van der Waals surface area contributed by atoms with Crippen molar-refractivity contribution in [3.8, 4) is 5.75 Å². The topological polar surface area (TPSA) is 51.4 Å². The van der Waals surface area contributed by atoms with Crippen molar-refractivity contribution in [2.45, 2.75) is 25.8 Å². The van der Waals surface area contributed by atoms with Crippen molar-refractivity contribution in [1.29, 1.82) is 0 Å². The summed E-state index contributed by atoms with van der Waals surface area (Å²) in [5, 5.41) is 0.692. The number of hydrogen-bond donors (Lipinski definition) is 1. The minimum absolute atomic E-state index is 0.374. The molecule has 4 nitrogen and oxygen atoms in total. The molecule has 3 rings (SSSR count). The number of nitrogens with zero attached hydrogens (tertiary/aromatic N) is 2. The van der Waals surface area contributed by atoms with Crippen LogP contribution in [0.5, 0.6) is 5.75 Å². The van der Waals surface area contributed by atoms with Gasteiger partial charge < -0.3 is 10.5 Å². The molecule has 7 heteroatoms. The Kier molecular flexibility index (Phi) is 5.69. The Morgan fingerprint density at radius 1 is 1.39 bits per heavy atom. The van der Waals surface area contributed by atoms with Gasteiger partial charge >= 0.3 is 0 Å². The third-order valence-electron chi connectivity index (χ3n) is 4.22. The van der Waals surface area contributed by atoms with E-state index in [1.54, 1.807) is 18.4 Å². The molecule has 124 valence electrons. The molecule has 23 heavy (non-hydrogen) atoms. The Hall–Kier alpha value is -0.130. The summed E-state index contributed by atoms with van der Waals surface area (Å²) >= 11 is 6.35. The molecule has 0 bridgehead atoms. The number of rotatable bonds is 4. The third kappa shape index (κ3) is 3.62. The van der Waals surface area contributed by atoms with Crippen LogP contribution in [0, 0.1) is 7.14 Å². The van der Waals surface area contributed by atoms with Gasteiger partial charge in [0.15, 0.2) is 5.13 Å². The van der Waals surface area contributed by atoms with Crippen LogP contribution in [-0.4, -0.2) is 30.1 Å². The Bertz CT molecular complexity index is 696. The van der Waals surface area contributed by atoms with Crippen molar-refractivity contribution >= 4 is 61.7 Å². The summed E-state index contributed by atoms with van der Waals surface area (Å²) in [7, 11) is 1.73. The predicted molar refractivity (Wildman–Crippen MR) is 112 cm³/mol. The van der Waals surface area contributed by atoms with Crippen LogP contribution in [0.3, 0.4) is 0 Å². The molecule has 1 aliphatic heterocycles. The summed E-state index contributed by atoms with van der Waals surface area (Å²) in [4.78, 5) is 8.40. The van der Waals surface area contributed by atoms with Crippen molar-refractivity contribution in [2.75, 3.05) is 25.9 Å². The lowest BCUT2D eigenvalue weighted by Crippen LogP contribution is -2.35. The molecule has 2 N–H and O–H groups in total. The number of methoxy groups -OCH3 is 1. The normalized spacial score (nSPS) is 18.0. The first kappa shape index (κ1) is 17.7. The molecule has 1 aromatic carbocycles. The number of nitrogens with two attached hydrogens (primary N) is 1.